The van der Waals surface area contributed by atoms with Gasteiger partial charge in [-0.1, -0.05) is 30.3 Å². The highest BCUT2D eigenvalue weighted by Crippen LogP contribution is 2.40. The van der Waals surface area contributed by atoms with Crippen LogP contribution in [0, 0.1) is 5.41 Å². The number of aryl methyl sites for hydroxylation is 1. The van der Waals surface area contributed by atoms with Gasteiger partial charge in [0.2, 0.25) is 5.91 Å². The van der Waals surface area contributed by atoms with Crippen LogP contribution in [0.4, 0.5) is 0 Å². The molecule has 0 unspecified atom stereocenters. The molecule has 142 valence electrons. The molecule has 3 heterocycles. The predicted molar refractivity (Wildman–Crippen MR) is 106 cm³/mol. The quantitative estimate of drug-likeness (QED) is 0.797. The van der Waals surface area contributed by atoms with Crippen LogP contribution in [0.15, 0.2) is 41.2 Å². The van der Waals surface area contributed by atoms with Crippen LogP contribution < -0.4 is 0 Å². The van der Waals surface area contributed by atoms with Crippen LogP contribution in [0.25, 0.3) is 0 Å². The van der Waals surface area contributed by atoms with Gasteiger partial charge in [0.1, 0.15) is 5.69 Å². The maximum absolute atomic E-state index is 13.2. The molecular weight excluding hydrogens is 358 g/mol. The third-order valence-corrected chi connectivity index (χ3v) is 6.44. The zero-order valence-electron chi connectivity index (χ0n) is 15.5. The maximum Gasteiger partial charge on any atom is 0.273 e. The Morgan fingerprint density at radius 1 is 1.19 bits per heavy atom. The monoisotopic (exact) mass is 383 g/mol. The standard InChI is InChI=1S/C21H25N3O2S/c25-19(18-14-27-16-22-18)24-13-10-21(15-24)9-5-12-23(20(21)26)11-4-8-17-6-2-1-3-7-17/h1-3,6-7,14,16H,4-5,8-13,15H2/t21-/m1/s1. The van der Waals surface area contributed by atoms with Crippen LogP contribution in [0.1, 0.15) is 41.7 Å². The van der Waals surface area contributed by atoms with Crippen molar-refractivity contribution in [3.8, 4) is 0 Å². The number of amides is 2. The molecule has 1 aromatic carbocycles. The molecule has 1 atom stereocenters. The van der Waals surface area contributed by atoms with E-state index < -0.39 is 0 Å². The van der Waals surface area contributed by atoms with Crippen molar-refractivity contribution >= 4 is 23.2 Å². The summed E-state index contributed by atoms with van der Waals surface area (Å²) in [5.74, 6) is 0.206. The molecule has 2 fully saturated rings. The summed E-state index contributed by atoms with van der Waals surface area (Å²) in [6.07, 6.45) is 4.66. The summed E-state index contributed by atoms with van der Waals surface area (Å²) in [6.45, 7) is 2.84. The molecule has 5 nitrogen and oxygen atoms in total. The molecule has 1 aromatic heterocycles. The van der Waals surface area contributed by atoms with E-state index >= 15 is 0 Å². The molecule has 0 N–H and O–H groups in total. The second-order valence-corrected chi connectivity index (χ2v) is 8.33. The molecule has 6 heteroatoms. The number of rotatable bonds is 5. The van der Waals surface area contributed by atoms with E-state index in [1.54, 1.807) is 10.9 Å². The lowest BCUT2D eigenvalue weighted by Crippen LogP contribution is -2.50. The number of piperidine rings is 1. The Morgan fingerprint density at radius 3 is 2.81 bits per heavy atom. The lowest BCUT2D eigenvalue weighted by molar-refractivity contribution is -0.145. The predicted octanol–water partition coefficient (Wildman–Crippen LogP) is 3.23. The van der Waals surface area contributed by atoms with Crippen LogP contribution in [-0.4, -0.2) is 52.8 Å². The third kappa shape index (κ3) is 3.76. The number of hydrogen-bond donors (Lipinski definition) is 0. The Hall–Kier alpha value is -2.21. The first-order chi connectivity index (χ1) is 13.2. The van der Waals surface area contributed by atoms with Gasteiger partial charge in [-0.05, 0) is 37.7 Å². The first-order valence-electron chi connectivity index (χ1n) is 9.69. The molecule has 0 radical (unpaired) electrons. The lowest BCUT2D eigenvalue weighted by atomic mass is 9.78. The first kappa shape index (κ1) is 18.2. The Bertz CT molecular complexity index is 793. The van der Waals surface area contributed by atoms with Gasteiger partial charge in [0, 0.05) is 31.6 Å². The van der Waals surface area contributed by atoms with E-state index in [0.29, 0.717) is 18.8 Å². The molecule has 4 rings (SSSR count). The molecule has 2 amide bonds. The maximum atomic E-state index is 13.2. The molecule has 2 aliphatic heterocycles. The molecule has 2 aromatic rings. The summed E-state index contributed by atoms with van der Waals surface area (Å²) in [5.41, 5.74) is 3.12. The fraction of sp³-hybridized carbons (Fsp3) is 0.476. The van der Waals surface area contributed by atoms with Gasteiger partial charge in [0.05, 0.1) is 10.9 Å². The zero-order valence-corrected chi connectivity index (χ0v) is 16.3. The second-order valence-electron chi connectivity index (χ2n) is 7.62. The van der Waals surface area contributed by atoms with E-state index in [1.807, 2.05) is 15.9 Å². The van der Waals surface area contributed by atoms with Crippen LogP contribution in [0.2, 0.25) is 0 Å². The summed E-state index contributed by atoms with van der Waals surface area (Å²) < 4.78 is 0. The lowest BCUT2D eigenvalue weighted by Gasteiger charge is -2.39. The Morgan fingerprint density at radius 2 is 2.04 bits per heavy atom. The Balaban J connectivity index is 1.36. The number of nitrogens with zero attached hydrogens (tertiary/aromatic N) is 3. The van der Waals surface area contributed by atoms with Crippen molar-refractivity contribution in [1.82, 2.24) is 14.8 Å². The van der Waals surface area contributed by atoms with E-state index in [9.17, 15) is 9.59 Å². The van der Waals surface area contributed by atoms with Gasteiger partial charge < -0.3 is 9.80 Å². The molecule has 0 bridgehead atoms. The average molecular weight is 384 g/mol. The van der Waals surface area contributed by atoms with Gasteiger partial charge in [-0.15, -0.1) is 11.3 Å². The molecule has 1 spiro atoms. The van der Waals surface area contributed by atoms with Crippen molar-refractivity contribution in [1.29, 1.82) is 0 Å². The van der Waals surface area contributed by atoms with Gasteiger partial charge in [-0.2, -0.15) is 0 Å². The fourth-order valence-corrected chi connectivity index (χ4v) is 4.91. The summed E-state index contributed by atoms with van der Waals surface area (Å²) in [4.78, 5) is 33.8. The number of aromatic nitrogens is 1. The van der Waals surface area contributed by atoms with Crippen molar-refractivity contribution in [2.45, 2.75) is 32.1 Å². The van der Waals surface area contributed by atoms with Gasteiger partial charge in [0.25, 0.3) is 5.91 Å². The van der Waals surface area contributed by atoms with E-state index in [2.05, 4.69) is 29.2 Å². The average Bonchev–Trinajstić information content (AvgIpc) is 3.37. The van der Waals surface area contributed by atoms with Crippen LogP contribution in [-0.2, 0) is 11.2 Å². The number of carbonyl (C=O) groups excluding carboxylic acids is 2. The van der Waals surface area contributed by atoms with Gasteiger partial charge >= 0.3 is 0 Å². The van der Waals surface area contributed by atoms with Crippen LogP contribution in [0.5, 0.6) is 0 Å². The number of benzene rings is 1. The van der Waals surface area contributed by atoms with Crippen molar-refractivity contribution in [3.63, 3.8) is 0 Å². The summed E-state index contributed by atoms with van der Waals surface area (Å²) in [7, 11) is 0. The van der Waals surface area contributed by atoms with E-state index in [4.69, 9.17) is 0 Å². The largest absolute Gasteiger partial charge is 0.342 e. The summed E-state index contributed by atoms with van der Waals surface area (Å²) >= 11 is 1.43. The Labute approximate surface area is 164 Å². The van der Waals surface area contributed by atoms with Crippen molar-refractivity contribution < 1.29 is 9.59 Å². The summed E-state index contributed by atoms with van der Waals surface area (Å²) in [5, 5.41) is 1.78. The van der Waals surface area contributed by atoms with Gasteiger partial charge in [0.15, 0.2) is 0 Å². The fourth-order valence-electron chi connectivity index (χ4n) is 4.39. The SMILES string of the molecule is O=C(c1cscn1)N1CC[C@]2(CCCN(CCCc3ccccc3)C2=O)C1. The zero-order chi connectivity index (χ0) is 18.7. The summed E-state index contributed by atoms with van der Waals surface area (Å²) in [6, 6.07) is 10.4. The highest BCUT2D eigenvalue weighted by molar-refractivity contribution is 7.07. The number of carbonyl (C=O) groups is 2. The van der Waals surface area contributed by atoms with Crippen molar-refractivity contribution in [3.05, 3.63) is 52.5 Å². The Kier molecular flexibility index (Phi) is 5.25. The van der Waals surface area contributed by atoms with E-state index in [-0.39, 0.29) is 17.2 Å². The molecule has 0 saturated carbocycles. The smallest absolute Gasteiger partial charge is 0.273 e. The minimum absolute atomic E-state index is 0.0397. The number of thiazole rings is 1. The molecule has 0 aliphatic carbocycles. The molecule has 27 heavy (non-hydrogen) atoms. The molecular formula is C21H25N3O2S. The van der Waals surface area contributed by atoms with Crippen LogP contribution >= 0.6 is 11.3 Å². The van der Waals surface area contributed by atoms with Gasteiger partial charge in [-0.25, -0.2) is 4.98 Å². The highest BCUT2D eigenvalue weighted by atomic mass is 32.1. The van der Waals surface area contributed by atoms with Crippen LogP contribution in [0.3, 0.4) is 0 Å². The minimum atomic E-state index is -0.378. The normalized spacial score (nSPS) is 22.6. The second kappa shape index (κ2) is 7.80. The van der Waals surface area contributed by atoms with E-state index in [0.717, 1.165) is 45.2 Å². The van der Waals surface area contributed by atoms with Crippen molar-refractivity contribution in [2.24, 2.45) is 5.41 Å². The number of hydrogen-bond acceptors (Lipinski definition) is 4. The topological polar surface area (TPSA) is 53.5 Å². The minimum Gasteiger partial charge on any atom is -0.342 e. The first-order valence-corrected chi connectivity index (χ1v) is 10.6. The molecule has 2 saturated heterocycles. The van der Waals surface area contributed by atoms with Gasteiger partial charge in [-0.3, -0.25) is 9.59 Å². The van der Waals surface area contributed by atoms with E-state index in [1.165, 1.54) is 16.9 Å². The third-order valence-electron chi connectivity index (χ3n) is 5.85. The van der Waals surface area contributed by atoms with Crippen molar-refractivity contribution in [2.75, 3.05) is 26.2 Å². The molecule has 2 aliphatic rings. The highest BCUT2D eigenvalue weighted by Gasteiger charge is 2.49. The number of likely N-dealkylation sites (tertiary alicyclic amines) is 2.